The maximum atomic E-state index is 12.0. The number of hydrogen-bond donors (Lipinski definition) is 2. The van der Waals surface area contributed by atoms with E-state index in [2.05, 4.69) is 15.4 Å². The number of urea groups is 1. The fraction of sp³-hybridized carbons (Fsp3) is 0.235. The Balaban J connectivity index is 1.74. The molecule has 7 heteroatoms. The molecule has 128 valence electrons. The molecule has 2 rings (SSSR count). The molecule has 0 radical (unpaired) electrons. The minimum absolute atomic E-state index is 0.109. The van der Waals surface area contributed by atoms with E-state index in [1.54, 1.807) is 36.4 Å². The van der Waals surface area contributed by atoms with E-state index in [9.17, 15) is 18.0 Å². The highest BCUT2D eigenvalue weighted by atomic mass is 19.4. The van der Waals surface area contributed by atoms with Gasteiger partial charge in [-0.1, -0.05) is 42.5 Å². The van der Waals surface area contributed by atoms with Gasteiger partial charge in [-0.3, -0.25) is 0 Å². The van der Waals surface area contributed by atoms with Crippen molar-refractivity contribution < 1.29 is 22.7 Å². The third-order valence-corrected chi connectivity index (χ3v) is 3.04. The summed E-state index contributed by atoms with van der Waals surface area (Å²) in [7, 11) is 0. The molecule has 0 aliphatic carbocycles. The van der Waals surface area contributed by atoms with E-state index < -0.39 is 12.8 Å². The van der Waals surface area contributed by atoms with Crippen molar-refractivity contribution in [2.24, 2.45) is 0 Å². The first-order chi connectivity index (χ1) is 11.4. The topological polar surface area (TPSA) is 50.4 Å². The van der Waals surface area contributed by atoms with Gasteiger partial charge in [0, 0.05) is 12.2 Å². The van der Waals surface area contributed by atoms with Crippen molar-refractivity contribution in [1.29, 1.82) is 0 Å². The quantitative estimate of drug-likeness (QED) is 0.834. The number of hydrogen-bond acceptors (Lipinski definition) is 2. The molecule has 0 saturated carbocycles. The van der Waals surface area contributed by atoms with Gasteiger partial charge in [0.25, 0.3) is 0 Å². The predicted octanol–water partition coefficient (Wildman–Crippen LogP) is 4.09. The SMILES string of the molecule is O=C(NCc1ccc(COCC(F)(F)F)cc1)Nc1ccccc1. The van der Waals surface area contributed by atoms with Crippen LogP contribution in [0.15, 0.2) is 54.6 Å². The molecule has 0 fully saturated rings. The zero-order valence-corrected chi connectivity index (χ0v) is 12.8. The van der Waals surface area contributed by atoms with Gasteiger partial charge in [0.1, 0.15) is 6.61 Å². The van der Waals surface area contributed by atoms with Crippen molar-refractivity contribution in [3.8, 4) is 0 Å². The number of ether oxygens (including phenoxy) is 1. The van der Waals surface area contributed by atoms with E-state index in [0.29, 0.717) is 17.8 Å². The zero-order valence-electron chi connectivity index (χ0n) is 12.8. The number of alkyl halides is 3. The predicted molar refractivity (Wildman–Crippen MR) is 84.5 cm³/mol. The minimum Gasteiger partial charge on any atom is -0.367 e. The number of nitrogens with one attached hydrogen (secondary N) is 2. The molecule has 2 amide bonds. The molecule has 0 aliphatic heterocycles. The van der Waals surface area contributed by atoms with Crippen molar-refractivity contribution in [3.05, 3.63) is 65.7 Å². The van der Waals surface area contributed by atoms with Crippen LogP contribution >= 0.6 is 0 Å². The molecule has 2 aromatic carbocycles. The van der Waals surface area contributed by atoms with Crippen LogP contribution < -0.4 is 10.6 Å². The molecule has 0 unspecified atom stereocenters. The Hall–Kier alpha value is -2.54. The Bertz CT molecular complexity index is 643. The zero-order chi connectivity index (χ0) is 17.4. The summed E-state index contributed by atoms with van der Waals surface area (Å²) in [6.07, 6.45) is -4.32. The number of para-hydroxylation sites is 1. The second-order valence-electron chi connectivity index (χ2n) is 5.10. The third kappa shape index (κ3) is 6.70. The van der Waals surface area contributed by atoms with Crippen molar-refractivity contribution >= 4 is 11.7 Å². The van der Waals surface area contributed by atoms with E-state index in [1.807, 2.05) is 18.2 Å². The van der Waals surface area contributed by atoms with Crippen LogP contribution in [0.4, 0.5) is 23.7 Å². The van der Waals surface area contributed by atoms with Gasteiger partial charge in [-0.15, -0.1) is 0 Å². The number of carbonyl (C=O) groups is 1. The average Bonchev–Trinajstić information content (AvgIpc) is 2.54. The molecule has 0 aromatic heterocycles. The minimum atomic E-state index is -4.32. The first kappa shape index (κ1) is 17.8. The van der Waals surface area contributed by atoms with E-state index in [4.69, 9.17) is 0 Å². The molecule has 0 spiro atoms. The number of carbonyl (C=O) groups excluding carboxylic acids is 1. The third-order valence-electron chi connectivity index (χ3n) is 3.04. The van der Waals surface area contributed by atoms with Crippen molar-refractivity contribution in [2.45, 2.75) is 19.3 Å². The standard InChI is InChI=1S/C17H17F3N2O2/c18-17(19,20)12-24-11-14-8-6-13(7-9-14)10-21-16(23)22-15-4-2-1-3-5-15/h1-9H,10-12H2,(H2,21,22,23). The summed E-state index contributed by atoms with van der Waals surface area (Å²) in [5, 5.41) is 5.39. The molecule has 2 aromatic rings. The smallest absolute Gasteiger partial charge is 0.367 e. The largest absolute Gasteiger partial charge is 0.411 e. The highest BCUT2D eigenvalue weighted by Crippen LogP contribution is 2.15. The van der Waals surface area contributed by atoms with Crippen LogP contribution in [0.1, 0.15) is 11.1 Å². The number of anilines is 1. The number of amides is 2. The molecule has 0 atom stereocenters. The summed E-state index contributed by atoms with van der Waals surface area (Å²) in [5.41, 5.74) is 2.15. The molecular weight excluding hydrogens is 321 g/mol. The lowest BCUT2D eigenvalue weighted by Crippen LogP contribution is -2.28. The van der Waals surface area contributed by atoms with Gasteiger partial charge in [-0.25, -0.2) is 4.79 Å². The Kier molecular flexibility index (Phi) is 6.20. The summed E-state index contributed by atoms with van der Waals surface area (Å²) in [6, 6.07) is 15.5. The van der Waals surface area contributed by atoms with Crippen LogP contribution in [-0.4, -0.2) is 18.8 Å². The number of rotatable bonds is 6. The molecule has 4 nitrogen and oxygen atoms in total. The maximum absolute atomic E-state index is 12.0. The normalized spacial score (nSPS) is 11.1. The second kappa shape index (κ2) is 8.35. The van der Waals surface area contributed by atoms with Crippen LogP contribution in [0.25, 0.3) is 0 Å². The molecule has 0 bridgehead atoms. The number of halogens is 3. The lowest BCUT2D eigenvalue weighted by atomic mass is 10.1. The fourth-order valence-corrected chi connectivity index (χ4v) is 1.92. The molecule has 0 saturated heterocycles. The lowest BCUT2D eigenvalue weighted by Gasteiger charge is -2.09. The van der Waals surface area contributed by atoms with Crippen LogP contribution in [0.2, 0.25) is 0 Å². The van der Waals surface area contributed by atoms with Crippen molar-refractivity contribution in [1.82, 2.24) is 5.32 Å². The fourth-order valence-electron chi connectivity index (χ4n) is 1.92. The Morgan fingerprint density at radius 2 is 1.58 bits per heavy atom. The summed E-state index contributed by atoms with van der Waals surface area (Å²) >= 11 is 0. The van der Waals surface area contributed by atoms with E-state index in [-0.39, 0.29) is 12.6 Å². The molecule has 0 heterocycles. The van der Waals surface area contributed by atoms with E-state index >= 15 is 0 Å². The highest BCUT2D eigenvalue weighted by Gasteiger charge is 2.27. The molecule has 2 N–H and O–H groups in total. The van der Waals surface area contributed by atoms with Crippen molar-refractivity contribution in [3.63, 3.8) is 0 Å². The second-order valence-corrected chi connectivity index (χ2v) is 5.10. The molecular formula is C17H17F3N2O2. The van der Waals surface area contributed by atoms with Gasteiger partial charge in [-0.05, 0) is 23.3 Å². The molecule has 24 heavy (non-hydrogen) atoms. The Morgan fingerprint density at radius 3 is 2.21 bits per heavy atom. The van der Waals surface area contributed by atoms with Gasteiger partial charge in [0.15, 0.2) is 0 Å². The van der Waals surface area contributed by atoms with Gasteiger partial charge < -0.3 is 15.4 Å². The summed E-state index contributed by atoms with van der Waals surface area (Å²) in [4.78, 5) is 11.7. The Morgan fingerprint density at radius 1 is 0.958 bits per heavy atom. The lowest BCUT2D eigenvalue weighted by molar-refractivity contribution is -0.176. The van der Waals surface area contributed by atoms with E-state index in [1.165, 1.54) is 0 Å². The van der Waals surface area contributed by atoms with Gasteiger partial charge in [0.05, 0.1) is 6.61 Å². The summed E-state index contributed by atoms with van der Waals surface area (Å²) in [6.45, 7) is -1.07. The van der Waals surface area contributed by atoms with Crippen LogP contribution in [0.3, 0.4) is 0 Å². The molecule has 0 aliphatic rings. The van der Waals surface area contributed by atoms with E-state index in [0.717, 1.165) is 5.56 Å². The van der Waals surface area contributed by atoms with Crippen LogP contribution in [-0.2, 0) is 17.9 Å². The average molecular weight is 338 g/mol. The van der Waals surface area contributed by atoms with Crippen LogP contribution in [0.5, 0.6) is 0 Å². The van der Waals surface area contributed by atoms with Crippen molar-refractivity contribution in [2.75, 3.05) is 11.9 Å². The monoisotopic (exact) mass is 338 g/mol. The summed E-state index contributed by atoms with van der Waals surface area (Å²) in [5.74, 6) is 0. The van der Waals surface area contributed by atoms with Gasteiger partial charge in [0.2, 0.25) is 0 Å². The van der Waals surface area contributed by atoms with Crippen LogP contribution in [0, 0.1) is 0 Å². The van der Waals surface area contributed by atoms with Gasteiger partial charge >= 0.3 is 12.2 Å². The number of benzene rings is 2. The Labute approximate surface area is 137 Å². The maximum Gasteiger partial charge on any atom is 0.411 e. The first-order valence-electron chi connectivity index (χ1n) is 7.24. The van der Waals surface area contributed by atoms with Gasteiger partial charge in [-0.2, -0.15) is 13.2 Å². The highest BCUT2D eigenvalue weighted by molar-refractivity contribution is 5.89. The first-order valence-corrected chi connectivity index (χ1v) is 7.24. The summed E-state index contributed by atoms with van der Waals surface area (Å²) < 4.78 is 40.5.